The van der Waals surface area contributed by atoms with Gasteiger partial charge >= 0.3 is 0 Å². The molecule has 20 heavy (non-hydrogen) atoms. The van der Waals surface area contributed by atoms with Crippen LogP contribution in [-0.4, -0.2) is 7.05 Å². The van der Waals surface area contributed by atoms with Crippen molar-refractivity contribution in [2.45, 2.75) is 12.5 Å². The minimum absolute atomic E-state index is 0.203. The normalized spacial score (nSPS) is 12.4. The zero-order valence-corrected chi connectivity index (χ0v) is 15.4. The maximum absolute atomic E-state index is 6.07. The van der Waals surface area contributed by atoms with Gasteiger partial charge in [0.25, 0.3) is 0 Å². The fraction of sp³-hybridized carbons (Fsp3) is 0.200. The molecule has 0 saturated carbocycles. The summed E-state index contributed by atoms with van der Waals surface area (Å²) in [6.45, 7) is 0. The summed E-state index contributed by atoms with van der Waals surface area (Å²) in [4.78, 5) is 0. The smallest absolute Gasteiger partial charge is 0.0595 e. The van der Waals surface area contributed by atoms with E-state index in [1.807, 2.05) is 31.3 Å². The quantitative estimate of drug-likeness (QED) is 0.616. The van der Waals surface area contributed by atoms with Gasteiger partial charge in [-0.2, -0.15) is 0 Å². The van der Waals surface area contributed by atoms with Crippen LogP contribution in [0.1, 0.15) is 17.2 Å². The third-order valence-corrected chi connectivity index (χ3v) is 5.03. The van der Waals surface area contributed by atoms with Gasteiger partial charge in [-0.05, 0) is 48.9 Å². The van der Waals surface area contributed by atoms with E-state index in [4.69, 9.17) is 23.2 Å². The Morgan fingerprint density at radius 1 is 1.05 bits per heavy atom. The monoisotopic (exact) mass is 435 g/mol. The fourth-order valence-electron chi connectivity index (χ4n) is 2.05. The second kappa shape index (κ2) is 7.28. The topological polar surface area (TPSA) is 12.0 Å². The minimum atomic E-state index is 0.203. The molecule has 2 aromatic carbocycles. The summed E-state index contributed by atoms with van der Waals surface area (Å²) in [5.74, 6) is 0. The van der Waals surface area contributed by atoms with E-state index in [0.29, 0.717) is 10.0 Å². The number of benzene rings is 2. The van der Waals surface area contributed by atoms with Crippen LogP contribution in [0.3, 0.4) is 0 Å². The molecule has 0 aliphatic heterocycles. The van der Waals surface area contributed by atoms with E-state index in [0.717, 1.165) is 20.9 Å². The molecular formula is C15H13Br2Cl2N. The highest BCUT2D eigenvalue weighted by Crippen LogP contribution is 2.30. The van der Waals surface area contributed by atoms with Crippen molar-refractivity contribution in [2.75, 3.05) is 7.05 Å². The van der Waals surface area contributed by atoms with Gasteiger partial charge in [0.1, 0.15) is 0 Å². The van der Waals surface area contributed by atoms with Crippen molar-refractivity contribution in [3.8, 4) is 0 Å². The van der Waals surface area contributed by atoms with E-state index in [1.165, 1.54) is 5.56 Å². The molecule has 1 N–H and O–H groups in total. The second-order valence-corrected chi connectivity index (χ2v) is 7.04. The first-order valence-electron chi connectivity index (χ1n) is 6.07. The minimum Gasteiger partial charge on any atom is -0.313 e. The lowest BCUT2D eigenvalue weighted by Crippen LogP contribution is -2.19. The zero-order valence-electron chi connectivity index (χ0n) is 10.8. The summed E-state index contributed by atoms with van der Waals surface area (Å²) < 4.78 is 2.13. The molecule has 106 valence electrons. The Labute approximate surface area is 145 Å². The van der Waals surface area contributed by atoms with Crippen molar-refractivity contribution in [2.24, 2.45) is 0 Å². The van der Waals surface area contributed by atoms with E-state index >= 15 is 0 Å². The number of likely N-dealkylation sites (N-methyl/N-ethyl adjacent to an activating group) is 1. The van der Waals surface area contributed by atoms with Gasteiger partial charge in [-0.25, -0.2) is 0 Å². The molecule has 2 aromatic rings. The molecule has 1 atom stereocenters. The van der Waals surface area contributed by atoms with E-state index in [2.05, 4.69) is 49.3 Å². The first-order valence-corrected chi connectivity index (χ1v) is 8.41. The van der Waals surface area contributed by atoms with Crippen LogP contribution in [0.4, 0.5) is 0 Å². The molecule has 1 unspecified atom stereocenters. The number of nitrogens with one attached hydrogen (secondary N) is 1. The molecule has 0 aliphatic rings. The highest BCUT2D eigenvalue weighted by atomic mass is 79.9. The Kier molecular flexibility index (Phi) is 5.94. The molecule has 0 aliphatic carbocycles. The number of rotatable bonds is 4. The number of hydrogen-bond donors (Lipinski definition) is 1. The Morgan fingerprint density at radius 3 is 2.40 bits per heavy atom. The summed E-state index contributed by atoms with van der Waals surface area (Å²) in [5, 5.41) is 4.52. The van der Waals surface area contributed by atoms with Gasteiger partial charge in [0.05, 0.1) is 10.0 Å². The van der Waals surface area contributed by atoms with Crippen molar-refractivity contribution in [3.63, 3.8) is 0 Å². The van der Waals surface area contributed by atoms with Gasteiger partial charge in [-0.3, -0.25) is 0 Å². The molecule has 0 amide bonds. The fourth-order valence-corrected chi connectivity index (χ4v) is 3.70. The molecule has 5 heteroatoms. The molecule has 0 spiro atoms. The summed E-state index contributed by atoms with van der Waals surface area (Å²) in [6, 6.07) is 12.2. The summed E-state index contributed by atoms with van der Waals surface area (Å²) in [5.41, 5.74) is 2.36. The van der Waals surface area contributed by atoms with E-state index in [1.54, 1.807) is 0 Å². The molecule has 0 radical (unpaired) electrons. The molecule has 0 heterocycles. The maximum Gasteiger partial charge on any atom is 0.0595 e. The third-order valence-electron chi connectivity index (χ3n) is 3.11. The van der Waals surface area contributed by atoms with E-state index in [-0.39, 0.29) is 6.04 Å². The average molecular weight is 438 g/mol. The van der Waals surface area contributed by atoms with E-state index in [9.17, 15) is 0 Å². The van der Waals surface area contributed by atoms with Crippen molar-refractivity contribution < 1.29 is 0 Å². The highest BCUT2D eigenvalue weighted by molar-refractivity contribution is 9.11. The van der Waals surface area contributed by atoms with Gasteiger partial charge in [0.2, 0.25) is 0 Å². The summed E-state index contributed by atoms with van der Waals surface area (Å²) >= 11 is 19.1. The Balaban J connectivity index is 2.26. The molecule has 0 saturated heterocycles. The predicted molar refractivity (Wildman–Crippen MR) is 93.8 cm³/mol. The van der Waals surface area contributed by atoms with Crippen LogP contribution >= 0.6 is 55.1 Å². The predicted octanol–water partition coefficient (Wildman–Crippen LogP) is 6.02. The van der Waals surface area contributed by atoms with Crippen LogP contribution in [0.15, 0.2) is 45.3 Å². The molecule has 0 aromatic heterocycles. The molecule has 2 rings (SSSR count). The van der Waals surface area contributed by atoms with Gasteiger partial charge in [0, 0.05) is 15.0 Å². The largest absolute Gasteiger partial charge is 0.313 e. The van der Waals surface area contributed by atoms with Gasteiger partial charge < -0.3 is 5.32 Å². The van der Waals surface area contributed by atoms with Gasteiger partial charge in [0.15, 0.2) is 0 Å². The first kappa shape index (κ1) is 16.3. The van der Waals surface area contributed by atoms with Crippen molar-refractivity contribution in [1.82, 2.24) is 5.32 Å². The van der Waals surface area contributed by atoms with Crippen molar-refractivity contribution in [3.05, 3.63) is 66.5 Å². The van der Waals surface area contributed by atoms with Crippen LogP contribution in [-0.2, 0) is 6.42 Å². The van der Waals surface area contributed by atoms with Crippen molar-refractivity contribution in [1.29, 1.82) is 0 Å². The van der Waals surface area contributed by atoms with Crippen LogP contribution < -0.4 is 5.32 Å². The Bertz CT molecular complexity index is 617. The summed E-state index contributed by atoms with van der Waals surface area (Å²) in [7, 11) is 1.96. The number of halogens is 4. The summed E-state index contributed by atoms with van der Waals surface area (Å²) in [6.07, 6.45) is 0.841. The van der Waals surface area contributed by atoms with Crippen LogP contribution in [0.25, 0.3) is 0 Å². The first-order chi connectivity index (χ1) is 9.51. The lowest BCUT2D eigenvalue weighted by Gasteiger charge is -2.19. The van der Waals surface area contributed by atoms with Gasteiger partial charge in [-0.1, -0.05) is 67.2 Å². The maximum atomic E-state index is 6.07. The SMILES string of the molecule is CNC(Cc1ccc(Cl)c(Cl)c1)c1ccc(Br)cc1Br. The van der Waals surface area contributed by atoms with Crippen molar-refractivity contribution >= 4 is 55.1 Å². The lowest BCUT2D eigenvalue weighted by atomic mass is 9.99. The highest BCUT2D eigenvalue weighted by Gasteiger charge is 2.14. The number of hydrogen-bond acceptors (Lipinski definition) is 1. The second-order valence-electron chi connectivity index (χ2n) is 4.46. The molecule has 1 nitrogen and oxygen atoms in total. The zero-order chi connectivity index (χ0) is 14.7. The van der Waals surface area contributed by atoms with E-state index < -0.39 is 0 Å². The molecular weight excluding hydrogens is 425 g/mol. The average Bonchev–Trinajstić information content (AvgIpc) is 2.41. The molecule has 0 fully saturated rings. The Hall–Kier alpha value is -0.0600. The third kappa shape index (κ3) is 3.99. The van der Waals surface area contributed by atoms with Crippen LogP contribution in [0, 0.1) is 0 Å². The lowest BCUT2D eigenvalue weighted by molar-refractivity contribution is 0.589. The van der Waals surface area contributed by atoms with Crippen LogP contribution in [0.2, 0.25) is 10.0 Å². The Morgan fingerprint density at radius 2 is 1.80 bits per heavy atom. The molecule has 0 bridgehead atoms. The van der Waals surface area contributed by atoms with Gasteiger partial charge in [-0.15, -0.1) is 0 Å². The standard InChI is InChI=1S/C15H13Br2Cl2N/c1-20-15(11-4-3-10(16)8-12(11)17)7-9-2-5-13(18)14(19)6-9/h2-6,8,15,20H,7H2,1H3. The van der Waals surface area contributed by atoms with Crippen LogP contribution in [0.5, 0.6) is 0 Å².